The zero-order valence-corrected chi connectivity index (χ0v) is 14.7. The number of benzene rings is 2. The van der Waals surface area contributed by atoms with Crippen LogP contribution in [0.15, 0.2) is 64.4 Å². The molecule has 10 heteroatoms. The van der Waals surface area contributed by atoms with E-state index in [1.807, 2.05) is 0 Å². The topological polar surface area (TPSA) is 123 Å². The van der Waals surface area contributed by atoms with Gasteiger partial charge >= 0.3 is 5.97 Å². The third-order valence-corrected chi connectivity index (χ3v) is 3.41. The van der Waals surface area contributed by atoms with Crippen molar-refractivity contribution < 1.29 is 24.3 Å². The molecule has 2 aromatic rings. The summed E-state index contributed by atoms with van der Waals surface area (Å²) in [4.78, 5) is 21.4. The Bertz CT molecular complexity index is 879. The number of nitrogens with one attached hydrogen (secondary N) is 1. The molecular weight excluding hydrogens is 378 g/mol. The van der Waals surface area contributed by atoms with Gasteiger partial charge in [0.25, 0.3) is 5.69 Å². The monoisotopic (exact) mass is 391 g/mol. The quantitative estimate of drug-likeness (QED) is 0.231. The first-order chi connectivity index (χ1) is 12.9. The predicted molar refractivity (Wildman–Crippen MR) is 99.3 cm³/mol. The fourth-order valence-electron chi connectivity index (χ4n) is 1.84. The van der Waals surface area contributed by atoms with Gasteiger partial charge in [-0.05, 0) is 36.4 Å². The third kappa shape index (κ3) is 5.72. The van der Waals surface area contributed by atoms with Gasteiger partial charge in [0.1, 0.15) is 16.5 Å². The highest BCUT2D eigenvalue weighted by Gasteiger charge is 2.15. The summed E-state index contributed by atoms with van der Waals surface area (Å²) in [5, 5.41) is 23.4. The van der Waals surface area contributed by atoms with Gasteiger partial charge in [0.15, 0.2) is 0 Å². The van der Waals surface area contributed by atoms with Gasteiger partial charge in [0.2, 0.25) is 5.76 Å². The number of methoxy groups -OCH3 is 1. The number of allylic oxidation sites excluding steroid dienone is 1. The van der Waals surface area contributed by atoms with Crippen LogP contribution in [0.3, 0.4) is 0 Å². The average molecular weight is 392 g/mol. The van der Waals surface area contributed by atoms with E-state index in [0.29, 0.717) is 11.4 Å². The van der Waals surface area contributed by atoms with Gasteiger partial charge in [0, 0.05) is 12.1 Å². The van der Waals surface area contributed by atoms with Crippen LogP contribution in [0, 0.1) is 10.1 Å². The number of hydrogen-bond donors (Lipinski definition) is 2. The number of carbonyl (C=O) groups is 1. The molecule has 0 bridgehead atoms. The van der Waals surface area contributed by atoms with Gasteiger partial charge in [-0.25, -0.2) is 4.79 Å². The Balaban J connectivity index is 2.09. The Hall–Kier alpha value is -3.59. The van der Waals surface area contributed by atoms with Crippen molar-refractivity contribution in [2.45, 2.75) is 0 Å². The SMILES string of the molecule is COc1ccc(O/C(C(=O)O)=C(/Cl)C=NNc2ccc([N+](=O)[O-])cc2)cc1. The summed E-state index contributed by atoms with van der Waals surface area (Å²) in [6, 6.07) is 11.7. The molecule has 0 saturated heterocycles. The predicted octanol–water partition coefficient (Wildman–Crippen LogP) is 3.62. The lowest BCUT2D eigenvalue weighted by Crippen LogP contribution is -2.10. The molecule has 140 valence electrons. The van der Waals surface area contributed by atoms with E-state index in [2.05, 4.69) is 10.5 Å². The maximum atomic E-state index is 11.4. The van der Waals surface area contributed by atoms with E-state index in [0.717, 1.165) is 6.21 Å². The van der Waals surface area contributed by atoms with E-state index >= 15 is 0 Å². The van der Waals surface area contributed by atoms with Gasteiger partial charge in [-0.2, -0.15) is 5.10 Å². The number of nitro groups is 1. The molecule has 27 heavy (non-hydrogen) atoms. The lowest BCUT2D eigenvalue weighted by atomic mass is 10.3. The standard InChI is InChI=1S/C17H14ClN3O6/c1-26-13-6-8-14(9-7-13)27-16(17(22)23)15(18)10-19-20-11-2-4-12(5-3-11)21(24)25/h2-10,20H,1H3,(H,22,23)/b16-15+,19-10?. The summed E-state index contributed by atoms with van der Waals surface area (Å²) in [6.45, 7) is 0. The minimum atomic E-state index is -1.38. The molecule has 0 fully saturated rings. The first kappa shape index (κ1) is 19.7. The molecule has 0 radical (unpaired) electrons. The molecule has 0 amide bonds. The van der Waals surface area contributed by atoms with Crippen LogP contribution in [-0.4, -0.2) is 29.3 Å². The van der Waals surface area contributed by atoms with Gasteiger partial charge in [-0.1, -0.05) is 11.6 Å². The smallest absolute Gasteiger partial charge is 0.373 e. The van der Waals surface area contributed by atoms with Crippen molar-refractivity contribution in [1.82, 2.24) is 0 Å². The second-order valence-electron chi connectivity index (χ2n) is 4.93. The first-order valence-electron chi connectivity index (χ1n) is 7.39. The van der Waals surface area contributed by atoms with Crippen molar-refractivity contribution in [2.75, 3.05) is 12.5 Å². The number of hydrazone groups is 1. The molecule has 2 rings (SSSR count). The van der Waals surface area contributed by atoms with Crippen molar-refractivity contribution in [2.24, 2.45) is 5.10 Å². The van der Waals surface area contributed by atoms with Gasteiger partial charge < -0.3 is 14.6 Å². The number of anilines is 1. The number of aliphatic carboxylic acids is 1. The Morgan fingerprint density at radius 1 is 1.19 bits per heavy atom. The summed E-state index contributed by atoms with van der Waals surface area (Å²) < 4.78 is 10.3. The number of carboxylic acid groups (broad SMARTS) is 1. The van der Waals surface area contributed by atoms with Crippen molar-refractivity contribution in [3.63, 3.8) is 0 Å². The molecule has 2 N–H and O–H groups in total. The Labute approximate surface area is 158 Å². The maximum Gasteiger partial charge on any atom is 0.373 e. The minimum absolute atomic E-state index is 0.0662. The summed E-state index contributed by atoms with van der Waals surface area (Å²) in [6.07, 6.45) is 1.05. The van der Waals surface area contributed by atoms with E-state index in [9.17, 15) is 20.0 Å². The molecule has 0 spiro atoms. The van der Waals surface area contributed by atoms with E-state index in [-0.39, 0.29) is 16.5 Å². The van der Waals surface area contributed by atoms with E-state index in [4.69, 9.17) is 21.1 Å². The van der Waals surface area contributed by atoms with E-state index < -0.39 is 16.7 Å². The minimum Gasteiger partial charge on any atom is -0.497 e. The number of nitrogens with zero attached hydrogens (tertiary/aromatic N) is 2. The van der Waals surface area contributed by atoms with Crippen LogP contribution in [0.1, 0.15) is 0 Å². The van der Waals surface area contributed by atoms with Crippen molar-refractivity contribution in [3.05, 3.63) is 69.4 Å². The van der Waals surface area contributed by atoms with Crippen LogP contribution in [-0.2, 0) is 4.79 Å². The number of hydrogen-bond acceptors (Lipinski definition) is 7. The van der Waals surface area contributed by atoms with Crippen LogP contribution < -0.4 is 14.9 Å². The zero-order valence-electron chi connectivity index (χ0n) is 14.0. The molecule has 0 heterocycles. The van der Waals surface area contributed by atoms with Crippen LogP contribution in [0.4, 0.5) is 11.4 Å². The van der Waals surface area contributed by atoms with Gasteiger partial charge in [-0.15, -0.1) is 0 Å². The molecule has 2 aromatic carbocycles. The number of nitro benzene ring substituents is 1. The molecule has 0 saturated carbocycles. The highest BCUT2D eigenvalue weighted by molar-refractivity contribution is 6.41. The maximum absolute atomic E-state index is 11.4. The molecule has 0 aliphatic rings. The zero-order chi connectivity index (χ0) is 19.8. The van der Waals surface area contributed by atoms with Gasteiger partial charge in [0.05, 0.1) is 23.9 Å². The van der Waals surface area contributed by atoms with Crippen LogP contribution >= 0.6 is 11.6 Å². The summed E-state index contributed by atoms with van der Waals surface area (Å²) in [5.41, 5.74) is 2.96. The molecule has 0 atom stereocenters. The number of halogens is 1. The van der Waals surface area contributed by atoms with Gasteiger partial charge in [-0.3, -0.25) is 15.5 Å². The Kier molecular flexibility index (Phi) is 6.73. The van der Waals surface area contributed by atoms with Crippen LogP contribution in [0.2, 0.25) is 0 Å². The summed E-state index contributed by atoms with van der Waals surface area (Å²) >= 11 is 5.95. The summed E-state index contributed by atoms with van der Waals surface area (Å²) in [5.74, 6) is -1.06. The van der Waals surface area contributed by atoms with Crippen LogP contribution in [0.5, 0.6) is 11.5 Å². The van der Waals surface area contributed by atoms with Crippen molar-refractivity contribution >= 4 is 35.2 Å². The van der Waals surface area contributed by atoms with Crippen molar-refractivity contribution in [1.29, 1.82) is 0 Å². The van der Waals surface area contributed by atoms with E-state index in [1.54, 1.807) is 12.1 Å². The molecule has 0 aliphatic carbocycles. The Morgan fingerprint density at radius 2 is 1.78 bits per heavy atom. The lowest BCUT2D eigenvalue weighted by molar-refractivity contribution is -0.384. The highest BCUT2D eigenvalue weighted by Crippen LogP contribution is 2.21. The second-order valence-corrected chi connectivity index (χ2v) is 5.34. The normalized spacial score (nSPS) is 11.6. The second kappa shape index (κ2) is 9.20. The molecule has 9 nitrogen and oxygen atoms in total. The number of non-ortho nitro benzene ring substituents is 1. The van der Waals surface area contributed by atoms with Crippen LogP contribution in [0.25, 0.3) is 0 Å². The number of rotatable bonds is 8. The molecule has 0 aliphatic heterocycles. The number of ether oxygens (including phenoxy) is 2. The summed E-state index contributed by atoms with van der Waals surface area (Å²) in [7, 11) is 1.50. The number of carboxylic acids is 1. The Morgan fingerprint density at radius 3 is 2.30 bits per heavy atom. The molecule has 0 aromatic heterocycles. The lowest BCUT2D eigenvalue weighted by Gasteiger charge is -2.08. The highest BCUT2D eigenvalue weighted by atomic mass is 35.5. The molecular formula is C17H14ClN3O6. The largest absolute Gasteiger partial charge is 0.497 e. The van der Waals surface area contributed by atoms with Crippen molar-refractivity contribution in [3.8, 4) is 11.5 Å². The van der Waals surface area contributed by atoms with E-state index in [1.165, 1.54) is 43.5 Å². The first-order valence-corrected chi connectivity index (χ1v) is 7.77. The fraction of sp³-hybridized carbons (Fsp3) is 0.0588. The third-order valence-electron chi connectivity index (χ3n) is 3.14. The average Bonchev–Trinajstić information content (AvgIpc) is 2.66. The fourth-order valence-corrected chi connectivity index (χ4v) is 2.00. The molecule has 0 unspecified atom stereocenters.